The molecule has 1 atom stereocenters. The number of hydrogen-bond donors (Lipinski definition) is 0. The third-order valence-electron chi connectivity index (χ3n) is 4.63. The van der Waals surface area contributed by atoms with Crippen LogP contribution in [0.2, 0.25) is 0 Å². The second kappa shape index (κ2) is 7.45. The van der Waals surface area contributed by atoms with E-state index in [0.29, 0.717) is 11.8 Å². The Morgan fingerprint density at radius 3 is 1.71 bits per heavy atom. The third-order valence-corrected chi connectivity index (χ3v) is 4.63. The summed E-state index contributed by atoms with van der Waals surface area (Å²) in [6, 6.07) is 17.8. The Hall–Kier alpha value is -1.56. The maximum atomic E-state index is 2.42. The van der Waals surface area contributed by atoms with E-state index in [-0.39, 0.29) is 0 Å². The highest BCUT2D eigenvalue weighted by Crippen LogP contribution is 2.37. The van der Waals surface area contributed by atoms with Gasteiger partial charge in [-0.25, -0.2) is 0 Å². The average molecular weight is 280 g/mol. The summed E-state index contributed by atoms with van der Waals surface area (Å²) in [6.45, 7) is 9.18. The Morgan fingerprint density at radius 2 is 1.29 bits per heavy atom. The topological polar surface area (TPSA) is 0 Å². The molecule has 0 saturated heterocycles. The lowest BCUT2D eigenvalue weighted by atomic mass is 9.76. The molecule has 0 heteroatoms. The van der Waals surface area contributed by atoms with Crippen molar-refractivity contribution in [2.75, 3.05) is 0 Å². The molecular formula is C21H28. The molecule has 0 saturated carbocycles. The molecular weight excluding hydrogens is 252 g/mol. The van der Waals surface area contributed by atoms with Gasteiger partial charge in [0.25, 0.3) is 0 Å². The summed E-state index contributed by atoms with van der Waals surface area (Å²) in [5.41, 5.74) is 5.81. The lowest BCUT2D eigenvalue weighted by Crippen LogP contribution is -2.14. The lowest BCUT2D eigenvalue weighted by molar-refractivity contribution is 0.453. The van der Waals surface area contributed by atoms with Gasteiger partial charge in [0.1, 0.15) is 0 Å². The van der Waals surface area contributed by atoms with Gasteiger partial charge in [0.15, 0.2) is 0 Å². The molecule has 112 valence electrons. The Labute approximate surface area is 130 Å². The van der Waals surface area contributed by atoms with E-state index < -0.39 is 0 Å². The summed E-state index contributed by atoms with van der Waals surface area (Å²) >= 11 is 0. The molecule has 0 aromatic heterocycles. The molecule has 0 spiro atoms. The van der Waals surface area contributed by atoms with Crippen molar-refractivity contribution in [1.29, 1.82) is 0 Å². The van der Waals surface area contributed by atoms with Gasteiger partial charge in [-0.05, 0) is 48.4 Å². The number of hydrogen-bond acceptors (Lipinski definition) is 0. The first-order valence-corrected chi connectivity index (χ1v) is 8.26. The second-order valence-corrected chi connectivity index (χ2v) is 6.31. The summed E-state index contributed by atoms with van der Waals surface area (Å²) in [4.78, 5) is 0. The van der Waals surface area contributed by atoms with E-state index in [9.17, 15) is 0 Å². The van der Waals surface area contributed by atoms with Gasteiger partial charge in [-0.1, -0.05) is 75.2 Å². The van der Waals surface area contributed by atoms with Crippen LogP contribution in [-0.4, -0.2) is 0 Å². The monoisotopic (exact) mass is 280 g/mol. The number of unbranched alkanes of at least 4 members (excludes halogenated alkanes) is 1. The molecule has 0 amide bonds. The van der Waals surface area contributed by atoms with Gasteiger partial charge >= 0.3 is 0 Å². The minimum atomic E-state index is 0.513. The van der Waals surface area contributed by atoms with Gasteiger partial charge in [0.05, 0.1) is 0 Å². The fraction of sp³-hybridized carbons (Fsp3) is 0.429. The number of rotatable bonds is 6. The van der Waals surface area contributed by atoms with E-state index >= 15 is 0 Å². The van der Waals surface area contributed by atoms with Gasteiger partial charge in [-0.2, -0.15) is 0 Å². The van der Waals surface area contributed by atoms with Gasteiger partial charge in [-0.3, -0.25) is 0 Å². The molecule has 0 N–H and O–H groups in total. The average Bonchev–Trinajstić information content (AvgIpc) is 2.49. The summed E-state index contributed by atoms with van der Waals surface area (Å²) in [6.07, 6.45) is 3.89. The smallest absolute Gasteiger partial charge is 0.0120 e. The van der Waals surface area contributed by atoms with E-state index in [1.54, 1.807) is 0 Å². The standard InChI is InChI=1S/C21H28/c1-5-6-11-18(4)21(19-14-9-7-12-16(19)2)20-15-10-8-13-17(20)3/h7-10,12-15,18,21H,5-6,11H2,1-4H3. The van der Waals surface area contributed by atoms with Crippen molar-refractivity contribution in [2.45, 2.75) is 52.9 Å². The van der Waals surface area contributed by atoms with Gasteiger partial charge in [0.2, 0.25) is 0 Å². The van der Waals surface area contributed by atoms with E-state index in [1.807, 2.05) is 0 Å². The number of benzene rings is 2. The molecule has 0 bridgehead atoms. The SMILES string of the molecule is CCCCC(C)C(c1ccccc1C)c1ccccc1C. The summed E-state index contributed by atoms with van der Waals surface area (Å²) < 4.78 is 0. The molecule has 0 aliphatic carbocycles. The van der Waals surface area contributed by atoms with Gasteiger partial charge < -0.3 is 0 Å². The fourth-order valence-electron chi connectivity index (χ4n) is 3.34. The molecule has 2 aromatic carbocycles. The molecule has 0 aliphatic heterocycles. The van der Waals surface area contributed by atoms with Gasteiger partial charge in [0, 0.05) is 5.92 Å². The van der Waals surface area contributed by atoms with Crippen LogP contribution >= 0.6 is 0 Å². The van der Waals surface area contributed by atoms with Gasteiger partial charge in [-0.15, -0.1) is 0 Å². The zero-order valence-electron chi connectivity index (χ0n) is 13.9. The molecule has 0 radical (unpaired) electrons. The van der Waals surface area contributed by atoms with E-state index in [1.165, 1.54) is 41.5 Å². The molecule has 0 fully saturated rings. The van der Waals surface area contributed by atoms with E-state index in [4.69, 9.17) is 0 Å². The zero-order valence-corrected chi connectivity index (χ0v) is 13.9. The maximum absolute atomic E-state index is 2.42. The first kappa shape index (κ1) is 15.8. The third kappa shape index (κ3) is 3.75. The largest absolute Gasteiger partial charge is 0.0654 e. The predicted molar refractivity (Wildman–Crippen MR) is 92.9 cm³/mol. The first-order valence-electron chi connectivity index (χ1n) is 8.26. The highest BCUT2D eigenvalue weighted by atomic mass is 14.3. The van der Waals surface area contributed by atoms with Crippen molar-refractivity contribution in [3.63, 3.8) is 0 Å². The molecule has 0 aliphatic rings. The zero-order chi connectivity index (χ0) is 15.2. The van der Waals surface area contributed by atoms with Crippen LogP contribution < -0.4 is 0 Å². The van der Waals surface area contributed by atoms with Crippen LogP contribution in [0.4, 0.5) is 0 Å². The quantitative estimate of drug-likeness (QED) is 0.585. The summed E-state index contributed by atoms with van der Waals surface area (Å²) in [5.74, 6) is 1.19. The predicted octanol–water partition coefficient (Wildman–Crippen LogP) is 6.26. The van der Waals surface area contributed by atoms with Crippen molar-refractivity contribution in [3.05, 3.63) is 70.8 Å². The van der Waals surface area contributed by atoms with Crippen LogP contribution in [0.25, 0.3) is 0 Å². The summed E-state index contributed by atoms with van der Waals surface area (Å²) in [7, 11) is 0. The highest BCUT2D eigenvalue weighted by Gasteiger charge is 2.23. The van der Waals surface area contributed by atoms with Crippen molar-refractivity contribution in [3.8, 4) is 0 Å². The molecule has 1 unspecified atom stereocenters. The second-order valence-electron chi connectivity index (χ2n) is 6.31. The van der Waals surface area contributed by atoms with Crippen LogP contribution in [0.1, 0.15) is 61.3 Å². The van der Waals surface area contributed by atoms with Crippen molar-refractivity contribution >= 4 is 0 Å². The maximum Gasteiger partial charge on any atom is 0.0120 e. The van der Waals surface area contributed by atoms with Crippen LogP contribution in [0.3, 0.4) is 0 Å². The first-order chi connectivity index (χ1) is 10.1. The van der Waals surface area contributed by atoms with Crippen LogP contribution in [0.15, 0.2) is 48.5 Å². The Bertz CT molecular complexity index is 522. The Kier molecular flexibility index (Phi) is 5.61. The van der Waals surface area contributed by atoms with Crippen molar-refractivity contribution in [2.24, 2.45) is 5.92 Å². The molecule has 0 heterocycles. The highest BCUT2D eigenvalue weighted by molar-refractivity contribution is 5.41. The van der Waals surface area contributed by atoms with Crippen LogP contribution in [0, 0.1) is 19.8 Å². The van der Waals surface area contributed by atoms with Crippen LogP contribution in [-0.2, 0) is 0 Å². The fourth-order valence-corrected chi connectivity index (χ4v) is 3.34. The normalized spacial score (nSPS) is 12.6. The summed E-state index contributed by atoms with van der Waals surface area (Å²) in [5, 5.41) is 0. The number of aryl methyl sites for hydroxylation is 2. The molecule has 2 rings (SSSR count). The van der Waals surface area contributed by atoms with E-state index in [2.05, 4.69) is 76.2 Å². The van der Waals surface area contributed by atoms with Crippen molar-refractivity contribution < 1.29 is 0 Å². The molecule has 2 aromatic rings. The van der Waals surface area contributed by atoms with Crippen LogP contribution in [0.5, 0.6) is 0 Å². The lowest BCUT2D eigenvalue weighted by Gasteiger charge is -2.28. The minimum absolute atomic E-state index is 0.513. The van der Waals surface area contributed by atoms with E-state index in [0.717, 1.165) is 0 Å². The molecule has 21 heavy (non-hydrogen) atoms. The molecule has 0 nitrogen and oxygen atoms in total. The Balaban J connectivity index is 2.45. The minimum Gasteiger partial charge on any atom is -0.0654 e. The van der Waals surface area contributed by atoms with Crippen molar-refractivity contribution in [1.82, 2.24) is 0 Å². The Morgan fingerprint density at radius 1 is 0.810 bits per heavy atom.